The van der Waals surface area contributed by atoms with Gasteiger partial charge in [0, 0.05) is 9.40 Å². The second-order valence-corrected chi connectivity index (χ2v) is 5.86. The molecule has 0 saturated heterocycles. The summed E-state index contributed by atoms with van der Waals surface area (Å²) in [5.41, 5.74) is 7.00. The lowest BCUT2D eigenvalue weighted by atomic mass is 10.3. The number of amides is 1. The molecule has 3 aromatic heterocycles. The first-order valence-corrected chi connectivity index (χ1v) is 6.93. The Morgan fingerprint density at radius 2 is 2.33 bits per heavy atom. The maximum Gasteiger partial charge on any atom is 0.267 e. The van der Waals surface area contributed by atoms with Crippen molar-refractivity contribution in [2.24, 2.45) is 0 Å². The lowest BCUT2D eigenvalue weighted by Crippen LogP contribution is -2.11. The van der Waals surface area contributed by atoms with Gasteiger partial charge >= 0.3 is 0 Å². The molecule has 0 aliphatic carbocycles. The van der Waals surface area contributed by atoms with Gasteiger partial charge in [0.25, 0.3) is 5.91 Å². The van der Waals surface area contributed by atoms with Gasteiger partial charge in [0.15, 0.2) is 5.82 Å². The number of nitrogens with one attached hydrogen (secondary N) is 2. The molecule has 1 amide bonds. The van der Waals surface area contributed by atoms with E-state index in [0.29, 0.717) is 16.4 Å². The molecule has 0 bridgehead atoms. The van der Waals surface area contributed by atoms with Crippen molar-refractivity contribution in [3.05, 3.63) is 28.1 Å². The molecule has 0 radical (unpaired) electrons. The zero-order chi connectivity index (χ0) is 12.7. The van der Waals surface area contributed by atoms with E-state index in [9.17, 15) is 4.79 Å². The van der Waals surface area contributed by atoms with Crippen molar-refractivity contribution in [2.75, 3.05) is 11.1 Å². The summed E-state index contributed by atoms with van der Waals surface area (Å²) in [5.74, 6) is 0.204. The third-order valence-corrected chi connectivity index (χ3v) is 4.68. The predicted octanol–water partition coefficient (Wildman–Crippen LogP) is 2.83. The van der Waals surface area contributed by atoms with Crippen LogP contribution in [-0.2, 0) is 0 Å². The summed E-state index contributed by atoms with van der Waals surface area (Å²) >= 11 is 3.09. The number of hydrogen-bond acceptors (Lipinski definition) is 5. The van der Waals surface area contributed by atoms with Crippen LogP contribution in [0.5, 0.6) is 0 Å². The lowest BCUT2D eigenvalue weighted by Gasteiger charge is -2.00. The summed E-state index contributed by atoms with van der Waals surface area (Å²) in [6.07, 6.45) is 0. The van der Waals surface area contributed by atoms with Crippen LogP contribution in [-0.4, -0.2) is 16.1 Å². The summed E-state index contributed by atoms with van der Waals surface area (Å²) < 4.78 is 2.24. The number of aromatic amines is 1. The first-order valence-electron chi connectivity index (χ1n) is 5.24. The van der Waals surface area contributed by atoms with Crippen molar-refractivity contribution < 1.29 is 4.79 Å². The summed E-state index contributed by atoms with van der Waals surface area (Å²) in [6, 6.07) is 3.89. The molecule has 0 unspecified atom stereocenters. The predicted molar refractivity (Wildman–Crippen MR) is 75.4 cm³/mol. The SMILES string of the molecule is Cc1[nH]nc(NC(=O)c2cc3sccc3s2)c1N. The van der Waals surface area contributed by atoms with Gasteiger partial charge in [0.1, 0.15) is 0 Å². The Morgan fingerprint density at radius 1 is 1.50 bits per heavy atom. The largest absolute Gasteiger partial charge is 0.394 e. The van der Waals surface area contributed by atoms with Crippen LogP contribution < -0.4 is 11.1 Å². The molecule has 3 aromatic rings. The highest BCUT2D eigenvalue weighted by atomic mass is 32.1. The van der Waals surface area contributed by atoms with Crippen LogP contribution in [0.1, 0.15) is 15.4 Å². The second-order valence-electron chi connectivity index (χ2n) is 3.82. The number of thiophene rings is 2. The number of H-pyrrole nitrogens is 1. The minimum Gasteiger partial charge on any atom is -0.394 e. The molecule has 0 aliphatic rings. The monoisotopic (exact) mass is 278 g/mol. The highest BCUT2D eigenvalue weighted by Gasteiger charge is 2.14. The number of fused-ring (bicyclic) bond motifs is 1. The van der Waals surface area contributed by atoms with Crippen molar-refractivity contribution in [1.29, 1.82) is 0 Å². The molecule has 92 valence electrons. The standard InChI is InChI=1S/C11H10N4OS2/c1-5-9(12)10(15-14-5)13-11(16)8-4-7-6(18-8)2-3-17-7/h2-4H,12H2,1H3,(H2,13,14,15,16). The van der Waals surface area contributed by atoms with Gasteiger partial charge in [-0.2, -0.15) is 5.10 Å². The summed E-state index contributed by atoms with van der Waals surface area (Å²) in [4.78, 5) is 12.7. The maximum atomic E-state index is 12.0. The molecule has 0 aliphatic heterocycles. The molecule has 0 saturated carbocycles. The molecule has 0 atom stereocenters. The number of hydrogen-bond donors (Lipinski definition) is 3. The highest BCUT2D eigenvalue weighted by molar-refractivity contribution is 7.27. The Labute approximate surface area is 111 Å². The quantitative estimate of drug-likeness (QED) is 0.674. The van der Waals surface area contributed by atoms with Crippen molar-refractivity contribution in [1.82, 2.24) is 10.2 Å². The van der Waals surface area contributed by atoms with Crippen molar-refractivity contribution in [2.45, 2.75) is 6.92 Å². The van der Waals surface area contributed by atoms with Gasteiger partial charge in [-0.05, 0) is 24.4 Å². The van der Waals surface area contributed by atoms with Crippen molar-refractivity contribution >= 4 is 49.5 Å². The fraction of sp³-hybridized carbons (Fsp3) is 0.0909. The Kier molecular flexibility index (Phi) is 2.57. The van der Waals surface area contributed by atoms with Gasteiger partial charge < -0.3 is 11.1 Å². The lowest BCUT2D eigenvalue weighted by molar-refractivity contribution is 0.103. The number of aromatic nitrogens is 2. The summed E-state index contributed by atoms with van der Waals surface area (Å²) in [6.45, 7) is 1.80. The van der Waals surface area contributed by atoms with Gasteiger partial charge in [0.05, 0.1) is 16.3 Å². The molecule has 3 rings (SSSR count). The molecule has 18 heavy (non-hydrogen) atoms. The first kappa shape index (κ1) is 11.2. The Balaban J connectivity index is 1.87. The number of anilines is 2. The molecule has 7 heteroatoms. The van der Waals surface area contributed by atoms with E-state index in [2.05, 4.69) is 15.5 Å². The first-order chi connectivity index (χ1) is 8.65. The van der Waals surface area contributed by atoms with Crippen LogP contribution in [0, 0.1) is 6.92 Å². The Bertz CT molecular complexity index is 696. The van der Waals surface area contributed by atoms with Gasteiger partial charge in [-0.1, -0.05) is 0 Å². The summed E-state index contributed by atoms with van der Waals surface area (Å²) in [5, 5.41) is 11.4. The average Bonchev–Trinajstić information content (AvgIpc) is 2.98. The number of carbonyl (C=O) groups excluding carboxylic acids is 1. The van der Waals surface area contributed by atoms with Crippen molar-refractivity contribution in [3.63, 3.8) is 0 Å². The number of nitrogen functional groups attached to an aromatic ring is 1. The third kappa shape index (κ3) is 1.77. The number of nitrogens with zero attached hydrogens (tertiary/aromatic N) is 1. The Hall–Kier alpha value is -1.86. The third-order valence-electron chi connectivity index (χ3n) is 2.59. The van der Waals surface area contributed by atoms with E-state index >= 15 is 0 Å². The number of carbonyl (C=O) groups is 1. The fourth-order valence-electron chi connectivity index (χ4n) is 1.58. The minimum absolute atomic E-state index is 0.179. The normalized spacial score (nSPS) is 10.9. The average molecular weight is 278 g/mol. The molecule has 5 nitrogen and oxygen atoms in total. The van der Waals surface area contributed by atoms with E-state index in [1.165, 1.54) is 11.3 Å². The molecule has 3 heterocycles. The van der Waals surface area contributed by atoms with E-state index in [1.807, 2.05) is 17.5 Å². The van der Waals surface area contributed by atoms with Crippen LogP contribution in [0.15, 0.2) is 17.5 Å². The highest BCUT2D eigenvalue weighted by Crippen LogP contribution is 2.30. The maximum absolute atomic E-state index is 12.0. The molecule has 4 N–H and O–H groups in total. The minimum atomic E-state index is -0.179. The smallest absolute Gasteiger partial charge is 0.267 e. The van der Waals surface area contributed by atoms with Crippen LogP contribution in [0.25, 0.3) is 9.40 Å². The van der Waals surface area contributed by atoms with E-state index < -0.39 is 0 Å². The number of rotatable bonds is 2. The van der Waals surface area contributed by atoms with Crippen LogP contribution in [0.4, 0.5) is 11.5 Å². The summed E-state index contributed by atoms with van der Waals surface area (Å²) in [7, 11) is 0. The van der Waals surface area contributed by atoms with E-state index in [4.69, 9.17) is 5.73 Å². The Morgan fingerprint density at radius 3 is 3.00 bits per heavy atom. The van der Waals surface area contributed by atoms with Crippen LogP contribution >= 0.6 is 22.7 Å². The van der Waals surface area contributed by atoms with Gasteiger partial charge in [0.2, 0.25) is 0 Å². The topological polar surface area (TPSA) is 83.8 Å². The molecular weight excluding hydrogens is 268 g/mol. The molecule has 0 spiro atoms. The van der Waals surface area contributed by atoms with Gasteiger partial charge in [-0.25, -0.2) is 0 Å². The molecular formula is C11H10N4OS2. The van der Waals surface area contributed by atoms with Crippen LogP contribution in [0.3, 0.4) is 0 Å². The van der Waals surface area contributed by atoms with Crippen LogP contribution in [0.2, 0.25) is 0 Å². The number of nitrogens with two attached hydrogens (primary N) is 1. The fourth-order valence-corrected chi connectivity index (χ4v) is 3.58. The zero-order valence-electron chi connectivity index (χ0n) is 9.48. The van der Waals surface area contributed by atoms with E-state index in [1.54, 1.807) is 18.3 Å². The van der Waals surface area contributed by atoms with Gasteiger partial charge in [-0.15, -0.1) is 22.7 Å². The van der Waals surface area contributed by atoms with Gasteiger partial charge in [-0.3, -0.25) is 9.89 Å². The molecule has 0 aromatic carbocycles. The van der Waals surface area contributed by atoms with Crippen molar-refractivity contribution in [3.8, 4) is 0 Å². The van der Waals surface area contributed by atoms with E-state index in [-0.39, 0.29) is 5.91 Å². The second kappa shape index (κ2) is 4.11. The van der Waals surface area contributed by atoms with E-state index in [0.717, 1.165) is 15.1 Å². The molecule has 0 fully saturated rings. The zero-order valence-corrected chi connectivity index (χ0v) is 11.1. The number of aryl methyl sites for hydroxylation is 1.